The summed E-state index contributed by atoms with van der Waals surface area (Å²) in [6.45, 7) is 2.19. The Kier molecular flexibility index (Phi) is 4.53. The number of hydrogen-bond acceptors (Lipinski definition) is 5. The summed E-state index contributed by atoms with van der Waals surface area (Å²) in [5.41, 5.74) is 3.02. The van der Waals surface area contributed by atoms with Crippen molar-refractivity contribution < 1.29 is 24.4 Å². The van der Waals surface area contributed by atoms with E-state index in [2.05, 4.69) is 13.0 Å². The molecule has 0 spiro atoms. The number of phenols is 1. The van der Waals surface area contributed by atoms with Crippen LogP contribution in [0.2, 0.25) is 0 Å². The predicted molar refractivity (Wildman–Crippen MR) is 90.2 cm³/mol. The van der Waals surface area contributed by atoms with Crippen molar-refractivity contribution in [3.05, 3.63) is 47.0 Å². The lowest BCUT2D eigenvalue weighted by molar-refractivity contribution is 0.207. The summed E-state index contributed by atoms with van der Waals surface area (Å²) in [5.74, 6) is 2.06. The van der Waals surface area contributed by atoms with Crippen LogP contribution in [0.5, 0.6) is 23.0 Å². The molecule has 5 nitrogen and oxygen atoms in total. The van der Waals surface area contributed by atoms with Gasteiger partial charge in [-0.3, -0.25) is 0 Å². The summed E-state index contributed by atoms with van der Waals surface area (Å²) in [4.78, 5) is 0. The van der Waals surface area contributed by atoms with Crippen LogP contribution in [0.1, 0.15) is 35.6 Å². The van der Waals surface area contributed by atoms with E-state index >= 15 is 0 Å². The molecular weight excluding hydrogens is 308 g/mol. The van der Waals surface area contributed by atoms with Crippen LogP contribution >= 0.6 is 0 Å². The van der Waals surface area contributed by atoms with Gasteiger partial charge in [-0.25, -0.2) is 0 Å². The third kappa shape index (κ3) is 2.76. The smallest absolute Gasteiger partial charge is 0.165 e. The molecule has 3 rings (SSSR count). The number of rotatable bonds is 5. The van der Waals surface area contributed by atoms with Crippen molar-refractivity contribution in [3.63, 3.8) is 0 Å². The van der Waals surface area contributed by atoms with Crippen molar-refractivity contribution in [2.75, 3.05) is 20.8 Å². The molecule has 0 unspecified atom stereocenters. The van der Waals surface area contributed by atoms with Crippen molar-refractivity contribution >= 4 is 0 Å². The highest BCUT2D eigenvalue weighted by Crippen LogP contribution is 2.51. The Morgan fingerprint density at radius 1 is 1.08 bits per heavy atom. The fourth-order valence-corrected chi connectivity index (χ4v) is 3.19. The fraction of sp³-hybridized carbons (Fsp3) is 0.368. The quantitative estimate of drug-likeness (QED) is 0.881. The van der Waals surface area contributed by atoms with E-state index in [1.54, 1.807) is 19.2 Å². The number of aromatic hydroxyl groups is 1. The van der Waals surface area contributed by atoms with E-state index in [0.717, 1.165) is 22.4 Å². The van der Waals surface area contributed by atoms with E-state index in [4.69, 9.17) is 14.2 Å². The third-order valence-electron chi connectivity index (χ3n) is 4.49. The van der Waals surface area contributed by atoms with E-state index in [1.807, 2.05) is 12.1 Å². The van der Waals surface area contributed by atoms with Gasteiger partial charge in [0.1, 0.15) is 6.10 Å². The molecule has 0 amide bonds. The maximum Gasteiger partial charge on any atom is 0.165 e. The summed E-state index contributed by atoms with van der Waals surface area (Å²) >= 11 is 0. The van der Waals surface area contributed by atoms with Crippen LogP contribution in [0, 0.1) is 0 Å². The second-order valence-corrected chi connectivity index (χ2v) is 5.95. The average Bonchev–Trinajstić information content (AvgIpc) is 2.92. The molecule has 0 bridgehead atoms. The lowest BCUT2D eigenvalue weighted by Gasteiger charge is -2.17. The highest BCUT2D eigenvalue weighted by Gasteiger charge is 2.35. The van der Waals surface area contributed by atoms with Crippen LogP contribution in [-0.2, 0) is 6.42 Å². The van der Waals surface area contributed by atoms with Gasteiger partial charge in [-0.1, -0.05) is 19.1 Å². The summed E-state index contributed by atoms with van der Waals surface area (Å²) in [7, 11) is 3.14. The zero-order chi connectivity index (χ0) is 17.3. The Hall–Kier alpha value is -2.40. The standard InChI is InChI=1S/C19H22O5/c1-11-14-8-12(6-7-20)9-17(23-3)19(14)24-18(11)13-4-5-15(21)16(10-13)22-2/h4-5,8-11,18,20-21H,6-7H2,1-3H3/t11-,18-/m1/s1. The van der Waals surface area contributed by atoms with E-state index in [9.17, 15) is 10.2 Å². The minimum absolute atomic E-state index is 0.0930. The molecule has 1 aliphatic rings. The van der Waals surface area contributed by atoms with Gasteiger partial charge < -0.3 is 24.4 Å². The van der Waals surface area contributed by atoms with Gasteiger partial charge in [0, 0.05) is 18.1 Å². The summed E-state index contributed by atoms with van der Waals surface area (Å²) < 4.78 is 16.8. The third-order valence-corrected chi connectivity index (χ3v) is 4.49. The molecule has 0 aliphatic carbocycles. The molecule has 1 heterocycles. The molecule has 2 aromatic rings. The zero-order valence-electron chi connectivity index (χ0n) is 14.1. The molecular formula is C19H22O5. The van der Waals surface area contributed by atoms with Crippen LogP contribution in [-0.4, -0.2) is 31.0 Å². The number of benzene rings is 2. The molecule has 2 atom stereocenters. The number of methoxy groups -OCH3 is 2. The lowest BCUT2D eigenvalue weighted by Crippen LogP contribution is -2.07. The molecule has 2 aromatic carbocycles. The van der Waals surface area contributed by atoms with Gasteiger partial charge in [-0.2, -0.15) is 0 Å². The second kappa shape index (κ2) is 6.61. The molecule has 0 fully saturated rings. The highest BCUT2D eigenvalue weighted by molar-refractivity contribution is 5.55. The van der Waals surface area contributed by atoms with Gasteiger partial charge in [0.25, 0.3) is 0 Å². The van der Waals surface area contributed by atoms with E-state index in [-0.39, 0.29) is 24.4 Å². The van der Waals surface area contributed by atoms with Crippen molar-refractivity contribution in [2.45, 2.75) is 25.4 Å². The van der Waals surface area contributed by atoms with Crippen molar-refractivity contribution in [2.24, 2.45) is 0 Å². The van der Waals surface area contributed by atoms with Crippen LogP contribution in [0.25, 0.3) is 0 Å². The normalized spacial score (nSPS) is 18.8. The molecule has 1 aliphatic heterocycles. The Bertz CT molecular complexity index is 741. The van der Waals surface area contributed by atoms with Gasteiger partial charge in [0.2, 0.25) is 0 Å². The Morgan fingerprint density at radius 3 is 2.50 bits per heavy atom. The van der Waals surface area contributed by atoms with E-state index in [1.165, 1.54) is 7.11 Å². The van der Waals surface area contributed by atoms with Crippen LogP contribution in [0.4, 0.5) is 0 Å². The predicted octanol–water partition coefficient (Wildman–Crippen LogP) is 3.18. The number of aliphatic hydroxyl groups excluding tert-OH is 1. The summed E-state index contributed by atoms with van der Waals surface area (Å²) in [5, 5.41) is 19.0. The highest BCUT2D eigenvalue weighted by atomic mass is 16.5. The van der Waals surface area contributed by atoms with Gasteiger partial charge in [-0.05, 0) is 35.7 Å². The Morgan fingerprint density at radius 2 is 1.83 bits per heavy atom. The van der Waals surface area contributed by atoms with Crippen molar-refractivity contribution in [1.29, 1.82) is 0 Å². The first-order valence-electron chi connectivity index (χ1n) is 7.94. The molecule has 2 N–H and O–H groups in total. The van der Waals surface area contributed by atoms with Gasteiger partial charge in [0.15, 0.2) is 23.0 Å². The first-order chi connectivity index (χ1) is 11.6. The van der Waals surface area contributed by atoms with E-state index < -0.39 is 0 Å². The van der Waals surface area contributed by atoms with Gasteiger partial charge in [-0.15, -0.1) is 0 Å². The van der Waals surface area contributed by atoms with E-state index in [0.29, 0.717) is 17.9 Å². The van der Waals surface area contributed by atoms with Crippen molar-refractivity contribution in [3.8, 4) is 23.0 Å². The largest absolute Gasteiger partial charge is 0.504 e. The average molecular weight is 330 g/mol. The molecule has 5 heteroatoms. The molecule has 0 aromatic heterocycles. The number of aliphatic hydroxyl groups is 1. The minimum Gasteiger partial charge on any atom is -0.504 e. The van der Waals surface area contributed by atoms with Crippen LogP contribution in [0.3, 0.4) is 0 Å². The maximum absolute atomic E-state index is 9.79. The number of ether oxygens (including phenoxy) is 3. The summed E-state index contributed by atoms with van der Waals surface area (Å²) in [6, 6.07) is 9.22. The topological polar surface area (TPSA) is 68.2 Å². The summed E-state index contributed by atoms with van der Waals surface area (Å²) in [6.07, 6.45) is 0.390. The number of phenolic OH excluding ortho intramolecular Hbond substituents is 1. The fourth-order valence-electron chi connectivity index (χ4n) is 3.19. The van der Waals surface area contributed by atoms with Crippen LogP contribution < -0.4 is 14.2 Å². The first-order valence-corrected chi connectivity index (χ1v) is 7.94. The first kappa shape index (κ1) is 16.5. The Labute approximate surface area is 141 Å². The monoisotopic (exact) mass is 330 g/mol. The molecule has 0 radical (unpaired) electrons. The van der Waals surface area contributed by atoms with Gasteiger partial charge >= 0.3 is 0 Å². The molecule has 0 saturated heterocycles. The zero-order valence-corrected chi connectivity index (χ0v) is 14.1. The minimum atomic E-state index is -0.187. The van der Waals surface area contributed by atoms with Crippen LogP contribution in [0.15, 0.2) is 30.3 Å². The Balaban J connectivity index is 1.99. The van der Waals surface area contributed by atoms with Gasteiger partial charge in [0.05, 0.1) is 14.2 Å². The van der Waals surface area contributed by atoms with Crippen molar-refractivity contribution in [1.82, 2.24) is 0 Å². The molecule has 0 saturated carbocycles. The number of hydrogen-bond donors (Lipinski definition) is 2. The number of fused-ring (bicyclic) bond motifs is 1. The SMILES string of the molecule is COc1cc([C@@H]2Oc3c(OC)cc(CCO)cc3[C@H]2C)ccc1O. The second-order valence-electron chi connectivity index (χ2n) is 5.95. The molecule has 128 valence electrons. The molecule has 24 heavy (non-hydrogen) atoms. The lowest BCUT2D eigenvalue weighted by atomic mass is 9.91. The maximum atomic E-state index is 9.79.